The van der Waals surface area contributed by atoms with Crippen molar-refractivity contribution >= 4 is 11.6 Å². The van der Waals surface area contributed by atoms with Gasteiger partial charge in [-0.3, -0.25) is 4.79 Å². The molecule has 0 aromatic heterocycles. The van der Waals surface area contributed by atoms with Gasteiger partial charge >= 0.3 is 0 Å². The molecule has 0 fully saturated rings. The zero-order valence-electron chi connectivity index (χ0n) is 11.3. The number of nitrogens with two attached hydrogens (primary N) is 1. The van der Waals surface area contributed by atoms with Gasteiger partial charge in [-0.1, -0.05) is 30.0 Å². The van der Waals surface area contributed by atoms with Crippen molar-refractivity contribution in [3.8, 4) is 11.8 Å². The molecule has 1 amide bonds. The number of hydrogen-bond acceptors (Lipinski definition) is 2. The highest BCUT2D eigenvalue weighted by Crippen LogP contribution is 2.17. The van der Waals surface area contributed by atoms with Gasteiger partial charge in [0.25, 0.3) is 5.91 Å². The van der Waals surface area contributed by atoms with Crippen LogP contribution in [0.2, 0.25) is 0 Å². The molecule has 100 valence electrons. The number of benzene rings is 2. The maximum atomic E-state index is 12.1. The Bertz CT molecular complexity index is 666. The first-order valence-electron chi connectivity index (χ1n) is 6.36. The monoisotopic (exact) mass is 264 g/mol. The van der Waals surface area contributed by atoms with Gasteiger partial charge in [0.15, 0.2) is 0 Å². The Morgan fingerprint density at radius 3 is 2.60 bits per heavy atom. The van der Waals surface area contributed by atoms with Gasteiger partial charge in [0.05, 0.1) is 6.54 Å². The molecule has 3 heteroatoms. The summed E-state index contributed by atoms with van der Waals surface area (Å²) in [5.41, 5.74) is 8.64. The van der Waals surface area contributed by atoms with Crippen molar-refractivity contribution in [2.75, 3.05) is 11.9 Å². The minimum absolute atomic E-state index is 0.116. The highest BCUT2D eigenvalue weighted by atomic mass is 16.1. The van der Waals surface area contributed by atoms with Gasteiger partial charge in [-0.25, -0.2) is 0 Å². The Hall–Kier alpha value is -2.57. The largest absolute Gasteiger partial charge is 0.322 e. The Labute approximate surface area is 118 Å². The maximum absolute atomic E-state index is 12.1. The molecule has 2 aromatic rings. The van der Waals surface area contributed by atoms with Crippen LogP contribution in [-0.4, -0.2) is 12.5 Å². The summed E-state index contributed by atoms with van der Waals surface area (Å²) in [5.74, 6) is 5.66. The van der Waals surface area contributed by atoms with Crippen LogP contribution in [0.5, 0.6) is 0 Å². The SMILES string of the molecule is Cc1cc(C#CCN)ccc1NC(=O)c1ccccc1. The van der Waals surface area contributed by atoms with E-state index < -0.39 is 0 Å². The van der Waals surface area contributed by atoms with E-state index >= 15 is 0 Å². The van der Waals surface area contributed by atoms with E-state index in [1.807, 2.05) is 43.3 Å². The molecular formula is C17H16N2O. The minimum Gasteiger partial charge on any atom is -0.322 e. The van der Waals surface area contributed by atoms with Crippen LogP contribution in [0.3, 0.4) is 0 Å². The van der Waals surface area contributed by atoms with Crippen LogP contribution in [-0.2, 0) is 0 Å². The lowest BCUT2D eigenvalue weighted by atomic mass is 10.1. The number of carbonyl (C=O) groups is 1. The van der Waals surface area contributed by atoms with E-state index in [9.17, 15) is 4.79 Å². The average molecular weight is 264 g/mol. The van der Waals surface area contributed by atoms with Crippen LogP contribution in [0.4, 0.5) is 5.69 Å². The molecule has 0 heterocycles. The summed E-state index contributed by atoms with van der Waals surface area (Å²) in [6, 6.07) is 14.8. The first-order valence-corrected chi connectivity index (χ1v) is 6.36. The predicted octanol–water partition coefficient (Wildman–Crippen LogP) is 2.56. The van der Waals surface area contributed by atoms with Crippen molar-refractivity contribution in [1.29, 1.82) is 0 Å². The van der Waals surface area contributed by atoms with Crippen LogP contribution in [0.15, 0.2) is 48.5 Å². The quantitative estimate of drug-likeness (QED) is 0.819. The summed E-state index contributed by atoms with van der Waals surface area (Å²) in [7, 11) is 0. The maximum Gasteiger partial charge on any atom is 0.255 e. The Balaban J connectivity index is 2.16. The Morgan fingerprint density at radius 2 is 1.95 bits per heavy atom. The Kier molecular flexibility index (Phi) is 4.54. The number of aryl methyl sites for hydroxylation is 1. The van der Waals surface area contributed by atoms with Gasteiger partial charge in [-0.15, -0.1) is 0 Å². The van der Waals surface area contributed by atoms with Crippen LogP contribution in [0, 0.1) is 18.8 Å². The van der Waals surface area contributed by atoms with E-state index in [2.05, 4.69) is 17.2 Å². The lowest BCUT2D eigenvalue weighted by Gasteiger charge is -2.08. The number of carbonyl (C=O) groups excluding carboxylic acids is 1. The van der Waals surface area contributed by atoms with Gasteiger partial charge in [-0.05, 0) is 42.8 Å². The van der Waals surface area contributed by atoms with E-state index in [0.29, 0.717) is 12.1 Å². The highest BCUT2D eigenvalue weighted by Gasteiger charge is 2.06. The fourth-order valence-electron chi connectivity index (χ4n) is 1.82. The fourth-order valence-corrected chi connectivity index (χ4v) is 1.82. The summed E-state index contributed by atoms with van der Waals surface area (Å²) in [6.07, 6.45) is 0. The number of anilines is 1. The third kappa shape index (κ3) is 3.47. The van der Waals surface area contributed by atoms with E-state index in [1.54, 1.807) is 12.1 Å². The minimum atomic E-state index is -0.116. The van der Waals surface area contributed by atoms with Crippen molar-refractivity contribution in [3.05, 3.63) is 65.2 Å². The van der Waals surface area contributed by atoms with Crippen molar-refractivity contribution in [1.82, 2.24) is 0 Å². The summed E-state index contributed by atoms with van der Waals surface area (Å²) in [4.78, 5) is 12.1. The summed E-state index contributed by atoms with van der Waals surface area (Å²) in [6.45, 7) is 2.28. The molecule has 0 aliphatic heterocycles. The zero-order valence-corrected chi connectivity index (χ0v) is 11.3. The number of hydrogen-bond donors (Lipinski definition) is 2. The second-order valence-corrected chi connectivity index (χ2v) is 4.36. The third-order valence-electron chi connectivity index (χ3n) is 2.85. The lowest BCUT2D eigenvalue weighted by Crippen LogP contribution is -2.12. The third-order valence-corrected chi connectivity index (χ3v) is 2.85. The van der Waals surface area contributed by atoms with Gasteiger partial charge < -0.3 is 11.1 Å². The van der Waals surface area contributed by atoms with E-state index in [1.165, 1.54) is 0 Å². The molecule has 3 N–H and O–H groups in total. The van der Waals surface area contributed by atoms with Crippen LogP contribution in [0.25, 0.3) is 0 Å². The molecule has 2 aromatic carbocycles. The van der Waals surface area contributed by atoms with Gasteiger partial charge in [-0.2, -0.15) is 0 Å². The highest BCUT2D eigenvalue weighted by molar-refractivity contribution is 6.04. The number of nitrogens with one attached hydrogen (secondary N) is 1. The normalized spacial score (nSPS) is 9.50. The van der Waals surface area contributed by atoms with E-state index in [4.69, 9.17) is 5.73 Å². The second kappa shape index (κ2) is 6.55. The molecular weight excluding hydrogens is 248 g/mol. The van der Waals surface area contributed by atoms with Crippen molar-refractivity contribution in [3.63, 3.8) is 0 Å². The second-order valence-electron chi connectivity index (χ2n) is 4.36. The molecule has 0 bridgehead atoms. The van der Waals surface area contributed by atoms with E-state index in [0.717, 1.165) is 16.8 Å². The van der Waals surface area contributed by atoms with Crippen molar-refractivity contribution in [2.45, 2.75) is 6.92 Å². The summed E-state index contributed by atoms with van der Waals surface area (Å²) in [5, 5.41) is 2.90. The van der Waals surface area contributed by atoms with Crippen LogP contribution in [0.1, 0.15) is 21.5 Å². The predicted molar refractivity (Wildman–Crippen MR) is 81.5 cm³/mol. The molecule has 3 nitrogen and oxygen atoms in total. The number of rotatable bonds is 2. The summed E-state index contributed by atoms with van der Waals surface area (Å²) < 4.78 is 0. The molecule has 0 saturated carbocycles. The number of amides is 1. The molecule has 0 radical (unpaired) electrons. The van der Waals surface area contributed by atoms with E-state index in [-0.39, 0.29) is 5.91 Å². The van der Waals surface area contributed by atoms with Gasteiger partial charge in [0.2, 0.25) is 0 Å². The fraction of sp³-hybridized carbons (Fsp3) is 0.118. The molecule has 0 aliphatic carbocycles. The van der Waals surface area contributed by atoms with Crippen molar-refractivity contribution in [2.24, 2.45) is 5.73 Å². The van der Waals surface area contributed by atoms with Gasteiger partial charge in [0, 0.05) is 16.8 Å². The van der Waals surface area contributed by atoms with Crippen molar-refractivity contribution < 1.29 is 4.79 Å². The molecule has 0 spiro atoms. The summed E-state index contributed by atoms with van der Waals surface area (Å²) >= 11 is 0. The Morgan fingerprint density at radius 1 is 1.20 bits per heavy atom. The lowest BCUT2D eigenvalue weighted by molar-refractivity contribution is 0.102. The smallest absolute Gasteiger partial charge is 0.255 e. The molecule has 0 atom stereocenters. The van der Waals surface area contributed by atoms with Gasteiger partial charge in [0.1, 0.15) is 0 Å². The zero-order chi connectivity index (χ0) is 14.4. The molecule has 0 saturated heterocycles. The van der Waals surface area contributed by atoms with Crippen LogP contribution < -0.4 is 11.1 Å². The molecule has 2 rings (SSSR count). The standard InChI is InChI=1S/C17H16N2O/c1-13-12-14(6-5-11-18)9-10-16(13)19-17(20)15-7-3-2-4-8-15/h2-4,7-10,12H,11,18H2,1H3,(H,19,20). The average Bonchev–Trinajstić information content (AvgIpc) is 2.48. The molecule has 0 aliphatic rings. The first-order chi connectivity index (χ1) is 9.70. The van der Waals surface area contributed by atoms with Crippen LogP contribution >= 0.6 is 0 Å². The first kappa shape index (κ1) is 13.9. The molecule has 20 heavy (non-hydrogen) atoms. The topological polar surface area (TPSA) is 55.1 Å². The molecule has 0 unspecified atom stereocenters.